The van der Waals surface area contributed by atoms with Crippen LogP contribution in [0.25, 0.3) is 0 Å². The van der Waals surface area contributed by atoms with Gasteiger partial charge in [-0.15, -0.1) is 0 Å². The smallest absolute Gasteiger partial charge is 0.291 e. The summed E-state index contributed by atoms with van der Waals surface area (Å²) in [5.41, 5.74) is 1.10. The van der Waals surface area contributed by atoms with Gasteiger partial charge in [-0.25, -0.2) is 4.98 Å². The van der Waals surface area contributed by atoms with Gasteiger partial charge in [0.25, 0.3) is 5.91 Å². The minimum absolute atomic E-state index is 0.0533. The molecule has 2 rings (SSSR count). The maximum Gasteiger partial charge on any atom is 0.291 e. The maximum absolute atomic E-state index is 12.1. The van der Waals surface area contributed by atoms with Gasteiger partial charge in [0.15, 0.2) is 5.78 Å². The molecule has 7 nitrogen and oxygen atoms in total. The summed E-state index contributed by atoms with van der Waals surface area (Å²) in [6.45, 7) is 5.49. The molecule has 0 saturated carbocycles. The first-order chi connectivity index (χ1) is 10.4. The molecule has 22 heavy (non-hydrogen) atoms. The lowest BCUT2D eigenvalue weighted by molar-refractivity contribution is 0.0998. The Morgan fingerprint density at radius 3 is 2.23 bits per heavy atom. The third-order valence-electron chi connectivity index (χ3n) is 2.96. The lowest BCUT2D eigenvalue weighted by Crippen LogP contribution is -2.16. The number of imidazole rings is 1. The fourth-order valence-corrected chi connectivity index (χ4v) is 1.97. The predicted molar refractivity (Wildman–Crippen MR) is 87.5 cm³/mol. The molecule has 0 saturated heterocycles. The van der Waals surface area contributed by atoms with Gasteiger partial charge in [-0.2, -0.15) is 0 Å². The van der Waals surface area contributed by atoms with Crippen LogP contribution in [0.3, 0.4) is 0 Å². The second kappa shape index (κ2) is 7.44. The molecule has 0 radical (unpaired) electrons. The van der Waals surface area contributed by atoms with E-state index >= 15 is 0 Å². The van der Waals surface area contributed by atoms with E-state index in [1.165, 1.54) is 6.92 Å². The van der Waals surface area contributed by atoms with E-state index in [1.807, 2.05) is 13.8 Å². The van der Waals surface area contributed by atoms with Crippen molar-refractivity contribution in [1.82, 2.24) is 14.1 Å². The zero-order valence-corrected chi connectivity index (χ0v) is 13.9. The molecule has 0 spiro atoms. The average Bonchev–Trinajstić information content (AvgIpc) is 3.04. The van der Waals surface area contributed by atoms with E-state index in [-0.39, 0.29) is 11.7 Å². The number of nitrogens with zero attached hydrogens (tertiary/aromatic N) is 3. The molecule has 0 unspecified atom stereocenters. The van der Waals surface area contributed by atoms with Crippen molar-refractivity contribution in [3.63, 3.8) is 0 Å². The number of aromatic nitrogens is 3. The van der Waals surface area contributed by atoms with Crippen molar-refractivity contribution in [2.45, 2.75) is 20.8 Å². The van der Waals surface area contributed by atoms with Gasteiger partial charge in [-0.3, -0.25) is 9.59 Å². The van der Waals surface area contributed by atoms with Crippen molar-refractivity contribution < 1.29 is 9.59 Å². The molecule has 0 aliphatic rings. The number of hydrogen-bond donors (Lipinski definition) is 2. The molecule has 0 aliphatic carbocycles. The minimum atomic E-state index is -0.324. The molecule has 0 aliphatic heterocycles. The Morgan fingerprint density at radius 2 is 1.77 bits per heavy atom. The number of Topliss-reactive ketones (excluding diaryl/α,β-unsaturated/α-hetero) is 1. The van der Waals surface area contributed by atoms with Gasteiger partial charge in [0.2, 0.25) is 5.82 Å². The Morgan fingerprint density at radius 1 is 1.14 bits per heavy atom. The summed E-state index contributed by atoms with van der Waals surface area (Å²) in [7, 11) is 5.24. The predicted octanol–water partition coefficient (Wildman–Crippen LogP) is 2.28. The summed E-state index contributed by atoms with van der Waals surface area (Å²) in [6, 6.07) is 1.64. The molecule has 0 aromatic carbocycles. The summed E-state index contributed by atoms with van der Waals surface area (Å²) >= 11 is 0. The van der Waals surface area contributed by atoms with E-state index in [9.17, 15) is 9.59 Å². The van der Waals surface area contributed by atoms with Crippen LogP contribution in [0, 0.1) is 0 Å². The second-order valence-corrected chi connectivity index (χ2v) is 4.55. The van der Waals surface area contributed by atoms with Crippen LogP contribution in [0.2, 0.25) is 0 Å². The summed E-state index contributed by atoms with van der Waals surface area (Å²) in [5.74, 6) is 0.537. The number of carbonyl (C=O) groups is 2. The Bertz CT molecular complexity index is 670. The van der Waals surface area contributed by atoms with Gasteiger partial charge < -0.3 is 19.8 Å². The molecular formula is C15H23N5O2. The second-order valence-electron chi connectivity index (χ2n) is 4.55. The van der Waals surface area contributed by atoms with Crippen molar-refractivity contribution in [3.05, 3.63) is 30.0 Å². The lowest BCUT2D eigenvalue weighted by Gasteiger charge is -2.01. The van der Waals surface area contributed by atoms with Crippen LogP contribution in [-0.4, -0.2) is 32.9 Å². The van der Waals surface area contributed by atoms with E-state index in [0.717, 1.165) is 0 Å². The number of ketones is 1. The SMILES string of the molecule is CC.CNc1cn(C)c(C(=O)Nc2cc(C(C)=O)n(C)c2)n1. The number of anilines is 2. The highest BCUT2D eigenvalue weighted by atomic mass is 16.2. The van der Waals surface area contributed by atoms with Crippen LogP contribution < -0.4 is 10.6 Å². The Hall–Kier alpha value is -2.57. The molecule has 120 valence electrons. The molecule has 7 heteroatoms. The van der Waals surface area contributed by atoms with Crippen molar-refractivity contribution in [2.75, 3.05) is 17.7 Å². The van der Waals surface area contributed by atoms with E-state index in [2.05, 4.69) is 15.6 Å². The molecular weight excluding hydrogens is 282 g/mol. The minimum Gasteiger partial charge on any atom is -0.372 e. The summed E-state index contributed by atoms with van der Waals surface area (Å²) < 4.78 is 3.31. The van der Waals surface area contributed by atoms with Gasteiger partial charge in [0, 0.05) is 40.5 Å². The highest BCUT2D eigenvalue weighted by Gasteiger charge is 2.15. The summed E-state index contributed by atoms with van der Waals surface area (Å²) in [5, 5.41) is 5.60. The first-order valence-electron chi connectivity index (χ1n) is 7.12. The Kier molecular flexibility index (Phi) is 5.91. The van der Waals surface area contributed by atoms with Gasteiger partial charge in [-0.05, 0) is 6.07 Å². The van der Waals surface area contributed by atoms with Crippen LogP contribution in [0.1, 0.15) is 41.9 Å². The van der Waals surface area contributed by atoms with E-state index in [0.29, 0.717) is 23.0 Å². The molecule has 0 fully saturated rings. The molecule has 1 amide bonds. The van der Waals surface area contributed by atoms with E-state index in [4.69, 9.17) is 0 Å². The van der Waals surface area contributed by atoms with E-state index in [1.54, 1.807) is 48.7 Å². The Labute approximate surface area is 130 Å². The number of carbonyl (C=O) groups excluding carboxylic acids is 2. The molecule has 2 heterocycles. The van der Waals surface area contributed by atoms with Crippen LogP contribution in [0.4, 0.5) is 11.5 Å². The molecule has 2 aromatic rings. The first-order valence-corrected chi connectivity index (χ1v) is 7.12. The summed E-state index contributed by atoms with van der Waals surface area (Å²) in [4.78, 5) is 27.7. The van der Waals surface area contributed by atoms with Crippen molar-refractivity contribution in [2.24, 2.45) is 14.1 Å². The highest BCUT2D eigenvalue weighted by Crippen LogP contribution is 2.15. The maximum atomic E-state index is 12.1. The van der Waals surface area contributed by atoms with E-state index < -0.39 is 0 Å². The van der Waals surface area contributed by atoms with Crippen LogP contribution in [0.5, 0.6) is 0 Å². The average molecular weight is 305 g/mol. The van der Waals surface area contributed by atoms with Gasteiger partial charge in [0.1, 0.15) is 5.82 Å². The normalized spacial score (nSPS) is 9.73. The first kappa shape index (κ1) is 17.5. The molecule has 0 atom stereocenters. The van der Waals surface area contributed by atoms with Crippen molar-refractivity contribution >= 4 is 23.2 Å². The number of hydrogen-bond acceptors (Lipinski definition) is 4. The topological polar surface area (TPSA) is 81.0 Å². The van der Waals surface area contributed by atoms with Crippen LogP contribution in [-0.2, 0) is 14.1 Å². The number of nitrogens with one attached hydrogen (secondary N) is 2. The fourth-order valence-electron chi connectivity index (χ4n) is 1.97. The number of rotatable bonds is 4. The number of amides is 1. The summed E-state index contributed by atoms with van der Waals surface area (Å²) in [6.07, 6.45) is 3.41. The Balaban J connectivity index is 0.00000116. The van der Waals surface area contributed by atoms with Crippen LogP contribution >= 0.6 is 0 Å². The highest BCUT2D eigenvalue weighted by molar-refractivity contribution is 6.03. The number of aryl methyl sites for hydroxylation is 2. The lowest BCUT2D eigenvalue weighted by atomic mass is 10.3. The van der Waals surface area contributed by atoms with Gasteiger partial charge >= 0.3 is 0 Å². The standard InChI is InChI=1S/C13H17N5O2.C2H6/c1-8(19)10-5-9(6-17(10)3)15-13(20)12-16-11(14-2)7-18(12)4;1-2/h5-7,14H,1-4H3,(H,15,20);1-2H3. The molecule has 2 N–H and O–H groups in total. The fraction of sp³-hybridized carbons (Fsp3) is 0.400. The molecule has 2 aromatic heterocycles. The van der Waals surface area contributed by atoms with Gasteiger partial charge in [-0.1, -0.05) is 13.8 Å². The monoisotopic (exact) mass is 305 g/mol. The quantitative estimate of drug-likeness (QED) is 0.849. The van der Waals surface area contributed by atoms with Crippen molar-refractivity contribution in [3.8, 4) is 0 Å². The zero-order valence-electron chi connectivity index (χ0n) is 13.9. The zero-order chi connectivity index (χ0) is 16.9. The third-order valence-corrected chi connectivity index (χ3v) is 2.96. The largest absolute Gasteiger partial charge is 0.372 e. The van der Waals surface area contributed by atoms with Crippen LogP contribution in [0.15, 0.2) is 18.5 Å². The third kappa shape index (κ3) is 3.75. The van der Waals surface area contributed by atoms with Gasteiger partial charge in [0.05, 0.1) is 11.4 Å². The van der Waals surface area contributed by atoms with Crippen molar-refractivity contribution in [1.29, 1.82) is 0 Å². The molecule has 0 bridgehead atoms.